The summed E-state index contributed by atoms with van der Waals surface area (Å²) in [6, 6.07) is 5.30. The Morgan fingerprint density at radius 2 is 2.17 bits per heavy atom. The van der Waals surface area contributed by atoms with Gasteiger partial charge in [0.2, 0.25) is 0 Å². The monoisotopic (exact) mass is 267 g/mol. The molecular formula is C14H18ClNO2. The second kappa shape index (κ2) is 5.61. The molecule has 1 unspecified atom stereocenters. The lowest BCUT2D eigenvalue weighted by molar-refractivity contribution is 0.0697. The third kappa shape index (κ3) is 2.78. The topological polar surface area (TPSA) is 40.5 Å². The summed E-state index contributed by atoms with van der Waals surface area (Å²) < 4.78 is 0. The second-order valence-corrected chi connectivity index (χ2v) is 5.37. The molecule has 1 heterocycles. The van der Waals surface area contributed by atoms with E-state index in [4.69, 9.17) is 11.6 Å². The molecule has 0 aliphatic carbocycles. The summed E-state index contributed by atoms with van der Waals surface area (Å²) in [5.74, 6) is -0.240. The first kappa shape index (κ1) is 13.2. The molecule has 3 nitrogen and oxygen atoms in total. The molecule has 0 bridgehead atoms. The van der Waals surface area contributed by atoms with Gasteiger partial charge in [0, 0.05) is 13.1 Å². The molecule has 98 valence electrons. The lowest BCUT2D eigenvalue weighted by Gasteiger charge is -2.24. The zero-order valence-electron chi connectivity index (χ0n) is 10.5. The third-order valence-corrected chi connectivity index (χ3v) is 3.88. The number of carbonyl (C=O) groups is 1. The summed E-state index contributed by atoms with van der Waals surface area (Å²) in [5, 5.41) is 9.61. The fraction of sp³-hybridized carbons (Fsp3) is 0.500. The van der Waals surface area contributed by atoms with E-state index in [0.717, 1.165) is 31.6 Å². The van der Waals surface area contributed by atoms with Gasteiger partial charge in [0.15, 0.2) is 0 Å². The predicted molar refractivity (Wildman–Crippen MR) is 73.6 cm³/mol. The molecule has 1 fully saturated rings. The second-order valence-electron chi connectivity index (χ2n) is 4.96. The highest BCUT2D eigenvalue weighted by Gasteiger charge is 2.21. The summed E-state index contributed by atoms with van der Waals surface area (Å²) in [6.45, 7) is 4.06. The van der Waals surface area contributed by atoms with Crippen molar-refractivity contribution in [3.05, 3.63) is 28.8 Å². The fourth-order valence-electron chi connectivity index (χ4n) is 2.49. The molecular weight excluding hydrogens is 250 g/mol. The summed E-state index contributed by atoms with van der Waals surface area (Å²) >= 11 is 6.01. The molecule has 2 rings (SSSR count). The van der Waals surface area contributed by atoms with E-state index in [1.165, 1.54) is 6.42 Å². The van der Waals surface area contributed by atoms with E-state index in [1.807, 2.05) is 12.1 Å². The highest BCUT2D eigenvalue weighted by Crippen LogP contribution is 2.30. The van der Waals surface area contributed by atoms with E-state index >= 15 is 0 Å². The molecule has 1 aromatic carbocycles. The van der Waals surface area contributed by atoms with Crippen molar-refractivity contribution in [1.29, 1.82) is 0 Å². The minimum atomic E-state index is -0.951. The highest BCUT2D eigenvalue weighted by molar-refractivity contribution is 6.34. The van der Waals surface area contributed by atoms with Crippen molar-refractivity contribution in [1.82, 2.24) is 0 Å². The molecule has 0 saturated carbocycles. The maximum absolute atomic E-state index is 11.3. The first-order valence-electron chi connectivity index (χ1n) is 6.36. The van der Waals surface area contributed by atoms with Gasteiger partial charge in [0.05, 0.1) is 10.7 Å². The molecule has 4 heteroatoms. The number of hydrogen-bond donors (Lipinski definition) is 1. The Hall–Kier alpha value is -1.22. The Balaban J connectivity index is 2.32. The normalized spacial score (nSPS) is 20.6. The first-order valence-corrected chi connectivity index (χ1v) is 6.74. The van der Waals surface area contributed by atoms with Crippen molar-refractivity contribution in [2.75, 3.05) is 18.0 Å². The van der Waals surface area contributed by atoms with Crippen molar-refractivity contribution in [2.24, 2.45) is 5.92 Å². The van der Waals surface area contributed by atoms with Gasteiger partial charge in [-0.05, 0) is 37.3 Å². The van der Waals surface area contributed by atoms with Crippen LogP contribution in [0.3, 0.4) is 0 Å². The molecule has 1 aliphatic rings. The highest BCUT2D eigenvalue weighted by atomic mass is 35.5. The van der Waals surface area contributed by atoms with Gasteiger partial charge in [-0.25, -0.2) is 4.79 Å². The fourth-order valence-corrected chi connectivity index (χ4v) is 2.74. The van der Waals surface area contributed by atoms with Gasteiger partial charge >= 0.3 is 5.97 Å². The lowest BCUT2D eigenvalue weighted by Crippen LogP contribution is -2.26. The zero-order chi connectivity index (χ0) is 13.1. The van der Waals surface area contributed by atoms with Crippen molar-refractivity contribution >= 4 is 23.3 Å². The van der Waals surface area contributed by atoms with Crippen LogP contribution in [-0.2, 0) is 0 Å². The van der Waals surface area contributed by atoms with Gasteiger partial charge < -0.3 is 10.0 Å². The Bertz CT molecular complexity index is 447. The number of carboxylic acid groups (broad SMARTS) is 1. The predicted octanol–water partition coefficient (Wildman–Crippen LogP) is 3.66. The Morgan fingerprint density at radius 1 is 1.39 bits per heavy atom. The molecule has 1 aromatic rings. The van der Waals surface area contributed by atoms with E-state index in [9.17, 15) is 9.90 Å². The Morgan fingerprint density at radius 3 is 2.89 bits per heavy atom. The molecule has 18 heavy (non-hydrogen) atoms. The largest absolute Gasteiger partial charge is 0.478 e. The van der Waals surface area contributed by atoms with E-state index in [-0.39, 0.29) is 5.56 Å². The molecule has 0 aromatic heterocycles. The van der Waals surface area contributed by atoms with Gasteiger partial charge in [-0.15, -0.1) is 0 Å². The molecule has 1 saturated heterocycles. The van der Waals surface area contributed by atoms with Crippen LogP contribution in [0, 0.1) is 5.92 Å². The number of halogens is 1. The van der Waals surface area contributed by atoms with E-state index < -0.39 is 5.97 Å². The number of benzene rings is 1. The van der Waals surface area contributed by atoms with Crippen LogP contribution in [0.25, 0.3) is 0 Å². The molecule has 1 aliphatic heterocycles. The van der Waals surface area contributed by atoms with Crippen LogP contribution in [0.15, 0.2) is 18.2 Å². The zero-order valence-corrected chi connectivity index (χ0v) is 11.3. The van der Waals surface area contributed by atoms with Gasteiger partial charge in [0.1, 0.15) is 5.56 Å². The van der Waals surface area contributed by atoms with Crippen LogP contribution in [0.5, 0.6) is 0 Å². The molecule has 0 spiro atoms. The van der Waals surface area contributed by atoms with E-state index in [0.29, 0.717) is 10.9 Å². The van der Waals surface area contributed by atoms with Crippen LogP contribution in [0.2, 0.25) is 5.02 Å². The molecule has 1 atom stereocenters. The molecule has 0 amide bonds. The van der Waals surface area contributed by atoms with E-state index in [1.54, 1.807) is 6.07 Å². The summed E-state index contributed by atoms with van der Waals surface area (Å²) in [4.78, 5) is 13.5. The number of carboxylic acids is 1. The van der Waals surface area contributed by atoms with Crippen molar-refractivity contribution in [2.45, 2.75) is 26.2 Å². The average Bonchev–Trinajstić information content (AvgIpc) is 2.53. The quantitative estimate of drug-likeness (QED) is 0.889. The number of rotatable bonds is 2. The van der Waals surface area contributed by atoms with Crippen molar-refractivity contribution in [3.8, 4) is 0 Å². The minimum Gasteiger partial charge on any atom is -0.478 e. The number of anilines is 1. The number of hydrogen-bond acceptors (Lipinski definition) is 2. The minimum absolute atomic E-state index is 0.230. The first-order chi connectivity index (χ1) is 8.59. The van der Waals surface area contributed by atoms with Crippen molar-refractivity contribution < 1.29 is 9.90 Å². The maximum atomic E-state index is 11.3. The Kier molecular flexibility index (Phi) is 4.12. The molecule has 1 N–H and O–H groups in total. The SMILES string of the molecule is CC1CCCN(c2cccc(Cl)c2C(=O)O)CC1. The van der Waals surface area contributed by atoms with Crippen LogP contribution in [0.1, 0.15) is 36.5 Å². The maximum Gasteiger partial charge on any atom is 0.339 e. The standard InChI is InChI=1S/C14H18ClNO2/c1-10-4-3-8-16(9-7-10)12-6-2-5-11(15)13(12)14(17)18/h2,5-6,10H,3-4,7-9H2,1H3,(H,17,18). The Labute approximate surface area is 112 Å². The van der Waals surface area contributed by atoms with Gasteiger partial charge in [-0.2, -0.15) is 0 Å². The van der Waals surface area contributed by atoms with Crippen LogP contribution < -0.4 is 4.90 Å². The third-order valence-electron chi connectivity index (χ3n) is 3.56. The summed E-state index contributed by atoms with van der Waals surface area (Å²) in [7, 11) is 0. The number of nitrogens with zero attached hydrogens (tertiary/aromatic N) is 1. The van der Waals surface area contributed by atoms with Crippen LogP contribution in [0.4, 0.5) is 5.69 Å². The molecule has 0 radical (unpaired) electrons. The number of aromatic carboxylic acids is 1. The average molecular weight is 268 g/mol. The summed E-state index contributed by atoms with van der Waals surface area (Å²) in [6.07, 6.45) is 3.41. The van der Waals surface area contributed by atoms with Gasteiger partial charge in [-0.3, -0.25) is 0 Å². The lowest BCUT2D eigenvalue weighted by atomic mass is 10.0. The van der Waals surface area contributed by atoms with Crippen molar-refractivity contribution in [3.63, 3.8) is 0 Å². The van der Waals surface area contributed by atoms with Crippen LogP contribution in [-0.4, -0.2) is 24.2 Å². The summed E-state index contributed by atoms with van der Waals surface area (Å²) in [5.41, 5.74) is 0.984. The smallest absolute Gasteiger partial charge is 0.339 e. The van der Waals surface area contributed by atoms with Gasteiger partial charge in [0.25, 0.3) is 0 Å². The van der Waals surface area contributed by atoms with E-state index in [2.05, 4.69) is 11.8 Å². The van der Waals surface area contributed by atoms with Crippen LogP contribution >= 0.6 is 11.6 Å². The van der Waals surface area contributed by atoms with Gasteiger partial charge in [-0.1, -0.05) is 24.6 Å².